The molecule has 13 unspecified atom stereocenters. The first-order chi connectivity index (χ1) is 60.6. The summed E-state index contributed by atoms with van der Waals surface area (Å²) in [5.41, 5.74) is 2.58. The average molecular weight is 1860 g/mol. The first-order valence-electron chi connectivity index (χ1n) is 55.0. The van der Waals surface area contributed by atoms with Gasteiger partial charge in [0.25, 0.3) is 0 Å². The highest BCUT2D eigenvalue weighted by molar-refractivity contribution is 7.92. The molecule has 27 fully saturated rings. The predicted octanol–water partition coefficient (Wildman–Crippen LogP) is 25.0. The van der Waals surface area contributed by atoms with Crippen LogP contribution in [0.5, 0.6) is 0 Å². The monoisotopic (exact) mass is 1860 g/mol. The van der Waals surface area contributed by atoms with E-state index in [0.717, 1.165) is 279 Å². The lowest BCUT2D eigenvalue weighted by Crippen LogP contribution is -2.39. The van der Waals surface area contributed by atoms with Crippen LogP contribution in [0.4, 0.5) is 0 Å². The molecule has 16 aliphatic carbocycles. The first-order valence-corrected chi connectivity index (χ1v) is 65.4. The Kier molecular flexibility index (Phi) is 32.1. The molecule has 13 atom stereocenters. The SMILES string of the molecule is CC1CCC(C2CC3CC(C2)C2CCC(CC2)CS(=O)(=O)CC2CCC(CC2)C2CC4CC(C2)C2CCC(CC2)CS(=O)(=O)CC2CCC(CC2)C2CC(CC(C2)C2CCC(CC2)CS(=O)(=O)CC2CCC3CC2)C2CCC(CC2)CS(=O)(=O)CC2=CC=C(CC2)C2CC(C3CCC(CS(=O)O)CC3)CC(C2)C2CCC(CC2)CS(=O)(=O)CC2CCC4CC2)CC1. The Labute approximate surface area is 772 Å². The van der Waals surface area contributed by atoms with Gasteiger partial charge in [0.2, 0.25) is 0 Å². The highest BCUT2D eigenvalue weighted by atomic mass is 32.2. The molecule has 0 spiro atoms. The lowest BCUT2D eigenvalue weighted by Gasteiger charge is -2.48. The zero-order valence-electron chi connectivity index (χ0n) is 79.0. The van der Waals surface area contributed by atoms with Crippen molar-refractivity contribution < 1.29 is 50.9 Å². The average Bonchev–Trinajstić information content (AvgIpc) is 0.803. The van der Waals surface area contributed by atoms with Gasteiger partial charge in [-0.1, -0.05) is 43.1 Å². The van der Waals surface area contributed by atoms with Gasteiger partial charge >= 0.3 is 0 Å². The van der Waals surface area contributed by atoms with Crippen molar-refractivity contribution in [3.63, 3.8) is 0 Å². The van der Waals surface area contributed by atoms with Gasteiger partial charge in [0, 0.05) is 0 Å². The lowest BCUT2D eigenvalue weighted by molar-refractivity contribution is 0.0344. The van der Waals surface area contributed by atoms with Crippen LogP contribution < -0.4 is 0 Å². The van der Waals surface area contributed by atoms with Crippen molar-refractivity contribution in [2.24, 2.45) is 201 Å². The smallest absolute Gasteiger partial charge is 0.154 e. The van der Waals surface area contributed by atoms with E-state index in [1.807, 2.05) is 0 Å². The number of hydrogen-bond donors (Lipinski definition) is 1. The van der Waals surface area contributed by atoms with E-state index in [2.05, 4.69) is 19.1 Å². The molecule has 126 heavy (non-hydrogen) atoms. The summed E-state index contributed by atoms with van der Waals surface area (Å²) >= 11 is -1.77. The summed E-state index contributed by atoms with van der Waals surface area (Å²) in [6.07, 6.45) is 70.2. The third kappa shape index (κ3) is 25.4. The van der Waals surface area contributed by atoms with Crippen molar-refractivity contribution in [3.8, 4) is 0 Å². The molecule has 30 bridgehead atoms. The topological polar surface area (TPSA) is 208 Å². The summed E-state index contributed by atoms with van der Waals surface area (Å²) in [5, 5.41) is 0. The van der Waals surface area contributed by atoms with Gasteiger partial charge in [-0.05, 0) is 561 Å². The summed E-state index contributed by atoms with van der Waals surface area (Å²) in [6, 6.07) is 0. The van der Waals surface area contributed by atoms with Gasteiger partial charge in [-0.2, -0.15) is 0 Å². The lowest BCUT2D eigenvalue weighted by atomic mass is 9.58. The van der Waals surface area contributed by atoms with E-state index in [0.29, 0.717) is 170 Å². The summed E-state index contributed by atoms with van der Waals surface area (Å²) in [7, 11) is -16.2. The Morgan fingerprint density at radius 1 is 0.238 bits per heavy atom. The molecule has 0 aromatic heterocycles. The Hall–Kier alpha value is -0.660. The molecule has 0 aromatic rings. The van der Waals surface area contributed by atoms with Crippen molar-refractivity contribution in [1.82, 2.24) is 0 Å². The van der Waals surface area contributed by atoms with E-state index in [1.165, 1.54) is 134 Å². The number of rotatable bonds is 4. The van der Waals surface area contributed by atoms with Crippen LogP contribution in [0.2, 0.25) is 0 Å². The van der Waals surface area contributed by atoms with E-state index >= 15 is 0 Å². The first kappa shape index (κ1) is 95.6. The molecule has 0 radical (unpaired) electrons. The van der Waals surface area contributed by atoms with Crippen LogP contribution in [0.25, 0.3) is 0 Å². The molecule has 15 saturated carbocycles. The number of hydrogen-bond acceptors (Lipinski definition) is 11. The van der Waals surface area contributed by atoms with Gasteiger partial charge in [0.1, 0.15) is 0 Å². The minimum Gasteiger partial charge on any atom is -0.306 e. The van der Waals surface area contributed by atoms with E-state index in [-0.39, 0.29) is 64.8 Å². The molecule has 718 valence electrons. The van der Waals surface area contributed by atoms with Crippen molar-refractivity contribution in [2.75, 3.05) is 63.3 Å². The molecule has 20 heterocycles. The van der Waals surface area contributed by atoms with Crippen LogP contribution in [0.1, 0.15) is 379 Å². The van der Waals surface area contributed by atoms with Gasteiger partial charge in [-0.3, -0.25) is 0 Å². The summed E-state index contributed by atoms with van der Waals surface area (Å²) in [6.45, 7) is 2.47. The van der Waals surface area contributed by atoms with Crippen LogP contribution in [-0.4, -0.2) is 114 Å². The zero-order valence-corrected chi connectivity index (χ0v) is 83.9. The minimum atomic E-state index is -3.33. The molecule has 1 N–H and O–H groups in total. The molecule has 0 aromatic carbocycles. The summed E-state index contributed by atoms with van der Waals surface area (Å²) in [4.78, 5) is 0. The third-order valence-electron chi connectivity index (χ3n) is 42.5. The van der Waals surface area contributed by atoms with Gasteiger partial charge in [0.15, 0.2) is 60.3 Å². The highest BCUT2D eigenvalue weighted by Gasteiger charge is 2.50. The fourth-order valence-electron chi connectivity index (χ4n) is 35.5. The summed E-state index contributed by atoms with van der Waals surface area (Å²) < 4.78 is 168. The Morgan fingerprint density at radius 2 is 0.429 bits per heavy atom. The van der Waals surface area contributed by atoms with E-state index in [1.54, 1.807) is 0 Å². The van der Waals surface area contributed by atoms with Crippen LogP contribution in [0, 0.1) is 201 Å². The summed E-state index contributed by atoms with van der Waals surface area (Å²) in [5.74, 6) is 21.8. The molecule has 12 saturated heterocycles. The molecule has 18 heteroatoms. The molecule has 36 aliphatic rings. The van der Waals surface area contributed by atoms with Gasteiger partial charge in [0.05, 0.1) is 63.3 Å². The number of sulfone groups is 5. The molecule has 20 aliphatic heterocycles. The maximum atomic E-state index is 14.7. The van der Waals surface area contributed by atoms with Crippen molar-refractivity contribution in [1.29, 1.82) is 0 Å². The van der Waals surface area contributed by atoms with Crippen LogP contribution in [0.3, 0.4) is 0 Å². The quantitative estimate of drug-likeness (QED) is 0.261. The Bertz CT molecular complexity index is 4160. The number of allylic oxidation sites excluding steroid dienone is 3. The van der Waals surface area contributed by atoms with Crippen LogP contribution >= 0.6 is 0 Å². The fourth-order valence-corrected chi connectivity index (χ4v) is 47.2. The van der Waals surface area contributed by atoms with Crippen molar-refractivity contribution in [2.45, 2.75) is 379 Å². The Morgan fingerprint density at radius 3 is 0.627 bits per heavy atom. The van der Waals surface area contributed by atoms with E-state index in [4.69, 9.17) is 0 Å². The molecular weight excluding hydrogens is 1680 g/mol. The normalized spacial score (nSPS) is 47.5. The molecular formula is C108H178O12S6. The second-order valence-electron chi connectivity index (χ2n) is 50.6. The second kappa shape index (κ2) is 42.4. The van der Waals surface area contributed by atoms with E-state index < -0.39 is 60.3 Å². The zero-order chi connectivity index (χ0) is 87.1. The third-order valence-corrected chi connectivity index (χ3v) is 52.9. The second-order valence-corrected chi connectivity index (χ2v) is 62.3. The van der Waals surface area contributed by atoms with Crippen LogP contribution in [0.15, 0.2) is 23.3 Å². The Balaban J connectivity index is 0.588. The predicted molar refractivity (Wildman–Crippen MR) is 517 cm³/mol. The van der Waals surface area contributed by atoms with Gasteiger partial charge in [-0.25, -0.2) is 46.3 Å². The fraction of sp³-hybridized carbons (Fsp3) is 0.963. The van der Waals surface area contributed by atoms with Crippen molar-refractivity contribution >= 4 is 60.3 Å². The standard InChI is InChI=1S/C108H178O12S6/c1-73-2-26-85(27-3-73)97-50-99-54-100(51-97)88-32-8-76(9-33-88)64-123(113,114)68-80-16-40-92(41-17-80)104-57-106-61-108(59-104)96-48-24-84(25-49-96)72-126(119,120)71-83-22-46-95(47-23-83)107-58-103(91-38-14-79(15-39-91)67-122(111,112)63-75-6-30-87(99)31-7-75)56-105(60-107)93-42-18-81(19-43-93)69-124(115,116)65-77-10-34-89(35-11-77)101-52-98(86-28-4-74(5-29-86)62-121(109)110)53-102(55-101)90-36-12-78(13-37-90)66-125(117,118)70-82-20-44-94(106)45-21-82/h10,34,73-76,78-88,90-108H,2-9,11-33,35-72H2,1H3,(H,109,110). The maximum Gasteiger partial charge on any atom is 0.154 e. The van der Waals surface area contributed by atoms with Crippen LogP contribution in [-0.2, 0) is 60.3 Å². The van der Waals surface area contributed by atoms with Crippen molar-refractivity contribution in [3.05, 3.63) is 23.3 Å². The minimum absolute atomic E-state index is 0.162. The van der Waals surface area contributed by atoms with Gasteiger partial charge < -0.3 is 4.55 Å². The maximum absolute atomic E-state index is 14.7. The molecule has 36 rings (SSSR count). The van der Waals surface area contributed by atoms with Gasteiger partial charge in [-0.15, -0.1) is 0 Å². The highest BCUT2D eigenvalue weighted by Crippen LogP contribution is 2.59. The largest absolute Gasteiger partial charge is 0.306 e. The van der Waals surface area contributed by atoms with E-state index in [9.17, 15) is 50.9 Å². The molecule has 0 amide bonds. The molecule has 12 nitrogen and oxygen atoms in total.